The predicted molar refractivity (Wildman–Crippen MR) is 88.0 cm³/mol. The zero-order chi connectivity index (χ0) is 15.8. The molecule has 4 heteroatoms. The molecule has 1 aromatic carbocycles. The Morgan fingerprint density at radius 1 is 1.09 bits per heavy atom. The molecule has 0 atom stereocenters. The van der Waals surface area contributed by atoms with Crippen molar-refractivity contribution in [1.29, 1.82) is 0 Å². The number of nitrogens with zero attached hydrogens (tertiary/aromatic N) is 2. The third kappa shape index (κ3) is 4.19. The van der Waals surface area contributed by atoms with Gasteiger partial charge in [0.25, 0.3) is 0 Å². The molecule has 1 heterocycles. The van der Waals surface area contributed by atoms with Crippen molar-refractivity contribution in [3.63, 3.8) is 0 Å². The van der Waals surface area contributed by atoms with Crippen LogP contribution < -0.4 is 0 Å². The number of carbonyl (C=O) groups is 1. The first-order valence-electron chi connectivity index (χ1n) is 7.39. The van der Waals surface area contributed by atoms with Crippen LogP contribution in [0.5, 0.6) is 0 Å². The summed E-state index contributed by atoms with van der Waals surface area (Å²) < 4.78 is 5.59. The average Bonchev–Trinajstić information content (AvgIpc) is 2.57. The Bertz CT molecular complexity index is 620. The van der Waals surface area contributed by atoms with Crippen molar-refractivity contribution in [2.75, 3.05) is 13.1 Å². The second-order valence-corrected chi connectivity index (χ2v) is 4.67. The summed E-state index contributed by atoms with van der Waals surface area (Å²) >= 11 is 0. The molecular weight excluding hydrogens is 276 g/mol. The van der Waals surface area contributed by atoms with Crippen LogP contribution in [0, 0.1) is 0 Å². The molecule has 1 amide bonds. The lowest BCUT2D eigenvalue weighted by Crippen LogP contribution is -2.30. The molecule has 0 fully saturated rings. The summed E-state index contributed by atoms with van der Waals surface area (Å²) in [4.78, 5) is 18.1. The summed E-state index contributed by atoms with van der Waals surface area (Å²) in [5.41, 5.74) is 1.59. The molecule has 0 bridgehead atoms. The Hall–Kier alpha value is -2.62. The second-order valence-electron chi connectivity index (χ2n) is 4.67. The number of ether oxygens (including phenoxy) is 1. The Morgan fingerprint density at radius 2 is 1.77 bits per heavy atom. The lowest BCUT2D eigenvalue weighted by molar-refractivity contribution is 0.148. The fourth-order valence-corrected chi connectivity index (χ4v) is 2.01. The normalized spacial score (nSPS) is 11.1. The molecule has 114 valence electrons. The summed E-state index contributed by atoms with van der Waals surface area (Å²) in [6.45, 7) is 5.08. The van der Waals surface area contributed by atoms with Crippen LogP contribution in [0.2, 0.25) is 0 Å². The highest BCUT2D eigenvalue weighted by molar-refractivity contribution is 5.84. The van der Waals surface area contributed by atoms with Gasteiger partial charge in [0.1, 0.15) is 5.76 Å². The van der Waals surface area contributed by atoms with Crippen LogP contribution >= 0.6 is 0 Å². The minimum Gasteiger partial charge on any atom is -0.409 e. The number of hydrogen-bond acceptors (Lipinski definition) is 3. The summed E-state index contributed by atoms with van der Waals surface area (Å²) in [6.07, 6.45) is 3.13. The molecule has 1 aromatic heterocycles. The smallest absolute Gasteiger partial charge is 0.409 e. The van der Waals surface area contributed by atoms with E-state index in [0.29, 0.717) is 18.8 Å². The monoisotopic (exact) mass is 296 g/mol. The van der Waals surface area contributed by atoms with Gasteiger partial charge in [0, 0.05) is 30.9 Å². The van der Waals surface area contributed by atoms with E-state index < -0.39 is 0 Å². The maximum Gasteiger partial charge on any atom is 0.415 e. The number of amides is 1. The van der Waals surface area contributed by atoms with Gasteiger partial charge in [-0.3, -0.25) is 4.98 Å². The molecular formula is C18H20N2O2. The van der Waals surface area contributed by atoms with E-state index in [1.165, 1.54) is 0 Å². The molecule has 0 saturated heterocycles. The Balaban J connectivity index is 2.31. The zero-order valence-corrected chi connectivity index (χ0v) is 12.9. The molecule has 0 unspecified atom stereocenters. The van der Waals surface area contributed by atoms with Gasteiger partial charge in [-0.05, 0) is 26.0 Å². The molecule has 0 saturated carbocycles. The first-order chi connectivity index (χ1) is 10.7. The minimum atomic E-state index is -0.351. The van der Waals surface area contributed by atoms with Gasteiger partial charge in [0.15, 0.2) is 0 Å². The van der Waals surface area contributed by atoms with E-state index in [4.69, 9.17) is 4.74 Å². The van der Waals surface area contributed by atoms with E-state index in [2.05, 4.69) is 4.98 Å². The van der Waals surface area contributed by atoms with Crippen molar-refractivity contribution in [2.24, 2.45) is 0 Å². The van der Waals surface area contributed by atoms with Crippen LogP contribution in [0.4, 0.5) is 4.79 Å². The Morgan fingerprint density at radius 3 is 2.36 bits per heavy atom. The second kappa shape index (κ2) is 7.98. The first kappa shape index (κ1) is 15.8. The van der Waals surface area contributed by atoms with Gasteiger partial charge >= 0.3 is 6.09 Å². The van der Waals surface area contributed by atoms with Gasteiger partial charge in [-0.1, -0.05) is 36.4 Å². The number of benzene rings is 1. The van der Waals surface area contributed by atoms with Crippen molar-refractivity contribution in [1.82, 2.24) is 9.88 Å². The summed E-state index contributed by atoms with van der Waals surface area (Å²) in [5, 5.41) is 0. The van der Waals surface area contributed by atoms with Crippen molar-refractivity contribution in [3.05, 3.63) is 66.0 Å². The van der Waals surface area contributed by atoms with Crippen molar-refractivity contribution in [2.45, 2.75) is 13.8 Å². The SMILES string of the molecule is CCN(CC)C(=O)O/C(=C/c1ccccn1)c1ccccc1. The fraction of sp³-hybridized carbons (Fsp3) is 0.222. The Labute approximate surface area is 131 Å². The van der Waals surface area contributed by atoms with Crippen molar-refractivity contribution >= 4 is 17.9 Å². The van der Waals surface area contributed by atoms with E-state index in [0.717, 1.165) is 11.3 Å². The number of rotatable bonds is 5. The molecule has 22 heavy (non-hydrogen) atoms. The molecule has 0 aliphatic carbocycles. The van der Waals surface area contributed by atoms with E-state index in [9.17, 15) is 4.79 Å². The van der Waals surface area contributed by atoms with Crippen molar-refractivity contribution < 1.29 is 9.53 Å². The maximum absolute atomic E-state index is 12.2. The van der Waals surface area contributed by atoms with Gasteiger partial charge in [0.05, 0.1) is 5.69 Å². The highest BCUT2D eigenvalue weighted by Crippen LogP contribution is 2.19. The van der Waals surface area contributed by atoms with Crippen LogP contribution in [0.25, 0.3) is 11.8 Å². The number of hydrogen-bond donors (Lipinski definition) is 0. The highest BCUT2D eigenvalue weighted by atomic mass is 16.6. The lowest BCUT2D eigenvalue weighted by atomic mass is 10.1. The summed E-state index contributed by atoms with van der Waals surface area (Å²) in [5.74, 6) is 0.496. The third-order valence-electron chi connectivity index (χ3n) is 3.24. The molecule has 2 rings (SSSR count). The summed E-state index contributed by atoms with van der Waals surface area (Å²) in [7, 11) is 0. The van der Waals surface area contributed by atoms with E-state index in [1.54, 1.807) is 17.2 Å². The predicted octanol–water partition coefficient (Wildman–Crippen LogP) is 4.06. The van der Waals surface area contributed by atoms with Gasteiger partial charge in [-0.25, -0.2) is 4.79 Å². The molecule has 4 nitrogen and oxygen atoms in total. The number of pyridine rings is 1. The highest BCUT2D eigenvalue weighted by Gasteiger charge is 2.15. The maximum atomic E-state index is 12.2. The molecule has 0 radical (unpaired) electrons. The number of aromatic nitrogens is 1. The average molecular weight is 296 g/mol. The van der Waals surface area contributed by atoms with Crippen LogP contribution in [-0.2, 0) is 4.74 Å². The van der Waals surface area contributed by atoms with Crippen molar-refractivity contribution in [3.8, 4) is 0 Å². The molecule has 0 spiro atoms. The standard InChI is InChI=1S/C18H20N2O2/c1-3-20(4-2)18(21)22-17(15-10-6-5-7-11-15)14-16-12-8-9-13-19-16/h5-14H,3-4H2,1-2H3/b17-14+. The van der Waals surface area contributed by atoms with Gasteiger partial charge in [-0.2, -0.15) is 0 Å². The van der Waals surface area contributed by atoms with Crippen LogP contribution in [0.15, 0.2) is 54.7 Å². The molecule has 0 aliphatic heterocycles. The van der Waals surface area contributed by atoms with Gasteiger partial charge in [0.2, 0.25) is 0 Å². The third-order valence-corrected chi connectivity index (χ3v) is 3.24. The van der Waals surface area contributed by atoms with Gasteiger partial charge < -0.3 is 9.64 Å². The van der Waals surface area contributed by atoms with E-state index in [-0.39, 0.29) is 6.09 Å². The number of carbonyl (C=O) groups excluding carboxylic acids is 1. The topological polar surface area (TPSA) is 42.4 Å². The quantitative estimate of drug-likeness (QED) is 0.781. The molecule has 2 aromatic rings. The molecule has 0 N–H and O–H groups in total. The van der Waals surface area contributed by atoms with Crippen LogP contribution in [0.1, 0.15) is 25.1 Å². The fourth-order valence-electron chi connectivity index (χ4n) is 2.01. The van der Waals surface area contributed by atoms with Crippen LogP contribution in [0.3, 0.4) is 0 Å². The van der Waals surface area contributed by atoms with E-state index in [1.807, 2.05) is 62.4 Å². The lowest BCUT2D eigenvalue weighted by Gasteiger charge is -2.19. The zero-order valence-electron chi connectivity index (χ0n) is 12.9. The minimum absolute atomic E-state index is 0.351. The first-order valence-corrected chi connectivity index (χ1v) is 7.39. The molecule has 0 aliphatic rings. The largest absolute Gasteiger partial charge is 0.415 e. The Kier molecular flexibility index (Phi) is 5.72. The van der Waals surface area contributed by atoms with E-state index >= 15 is 0 Å². The summed E-state index contributed by atoms with van der Waals surface area (Å²) in [6, 6.07) is 15.2. The van der Waals surface area contributed by atoms with Crippen LogP contribution in [-0.4, -0.2) is 29.1 Å². The van der Waals surface area contributed by atoms with Gasteiger partial charge in [-0.15, -0.1) is 0 Å².